The van der Waals surface area contributed by atoms with E-state index in [2.05, 4.69) is 20.6 Å². The van der Waals surface area contributed by atoms with Crippen molar-refractivity contribution >= 4 is 11.9 Å². The average molecular weight is 561 g/mol. The van der Waals surface area contributed by atoms with Crippen molar-refractivity contribution in [1.29, 1.82) is 0 Å². The number of benzene rings is 2. The molecule has 5 rings (SSSR count). The second kappa shape index (κ2) is 12.0. The molecular formula is C30H33FN6O4. The number of anilines is 1. The summed E-state index contributed by atoms with van der Waals surface area (Å²) in [7, 11) is 1.63. The van der Waals surface area contributed by atoms with E-state index in [-0.39, 0.29) is 31.0 Å². The molecule has 1 saturated heterocycles. The number of ether oxygens (including phenoxy) is 3. The summed E-state index contributed by atoms with van der Waals surface area (Å²) in [6.07, 6.45) is 0.831. The average Bonchev–Trinajstić information content (AvgIpc) is 3.42. The third-order valence-electron chi connectivity index (χ3n) is 6.66. The summed E-state index contributed by atoms with van der Waals surface area (Å²) in [5.74, 6) is 1.14. The van der Waals surface area contributed by atoms with Gasteiger partial charge in [0, 0.05) is 24.3 Å². The molecule has 41 heavy (non-hydrogen) atoms. The number of imidazole rings is 1. The molecule has 214 valence electrons. The van der Waals surface area contributed by atoms with Crippen LogP contribution in [0.25, 0.3) is 22.6 Å². The molecule has 1 aliphatic heterocycles. The van der Waals surface area contributed by atoms with Crippen LogP contribution in [0.15, 0.2) is 60.8 Å². The first-order valence-corrected chi connectivity index (χ1v) is 13.3. The summed E-state index contributed by atoms with van der Waals surface area (Å²) >= 11 is 0. The van der Waals surface area contributed by atoms with Crippen LogP contribution in [0.5, 0.6) is 5.75 Å². The Hall–Kier alpha value is -4.35. The van der Waals surface area contributed by atoms with Crippen molar-refractivity contribution in [2.45, 2.75) is 39.6 Å². The van der Waals surface area contributed by atoms with Crippen molar-refractivity contribution in [2.24, 2.45) is 5.41 Å². The van der Waals surface area contributed by atoms with Crippen molar-refractivity contribution in [3.05, 3.63) is 78.0 Å². The summed E-state index contributed by atoms with van der Waals surface area (Å²) in [6, 6.07) is 15.5. The number of nitrogens with zero attached hydrogens (tertiary/aromatic N) is 3. The molecule has 4 aromatic rings. The first-order valence-electron chi connectivity index (χ1n) is 13.3. The summed E-state index contributed by atoms with van der Waals surface area (Å²) in [5, 5.41) is 6.16. The predicted octanol–water partition coefficient (Wildman–Crippen LogP) is 4.87. The first-order chi connectivity index (χ1) is 19.7. The van der Waals surface area contributed by atoms with Crippen LogP contribution in [0.4, 0.5) is 10.3 Å². The van der Waals surface area contributed by atoms with Crippen LogP contribution in [0.2, 0.25) is 0 Å². The van der Waals surface area contributed by atoms with Crippen LogP contribution in [0, 0.1) is 11.2 Å². The molecule has 0 unspecified atom stereocenters. The third kappa shape index (κ3) is 6.53. The molecule has 0 bridgehead atoms. The fraction of sp³-hybridized carbons (Fsp3) is 0.333. The van der Waals surface area contributed by atoms with E-state index in [9.17, 15) is 9.18 Å². The topological polar surface area (TPSA) is 123 Å². The van der Waals surface area contributed by atoms with E-state index in [1.807, 2.05) is 38.1 Å². The highest BCUT2D eigenvalue weighted by Gasteiger charge is 2.41. The second-order valence-electron chi connectivity index (χ2n) is 10.5. The lowest BCUT2D eigenvalue weighted by Crippen LogP contribution is -2.50. The summed E-state index contributed by atoms with van der Waals surface area (Å²) in [4.78, 5) is 29.8. The van der Waals surface area contributed by atoms with E-state index in [1.54, 1.807) is 38.4 Å². The molecule has 0 radical (unpaired) electrons. The number of hydrogen-bond donors (Lipinski definition) is 3. The highest BCUT2D eigenvalue weighted by molar-refractivity contribution is 5.83. The van der Waals surface area contributed by atoms with Gasteiger partial charge in [0.15, 0.2) is 5.82 Å². The van der Waals surface area contributed by atoms with Gasteiger partial charge in [0.25, 0.3) is 0 Å². The van der Waals surface area contributed by atoms with E-state index >= 15 is 0 Å². The van der Waals surface area contributed by atoms with Crippen molar-refractivity contribution in [1.82, 2.24) is 25.3 Å². The molecule has 1 fully saturated rings. The number of nitrogens with one attached hydrogen (secondary N) is 3. The van der Waals surface area contributed by atoms with Crippen LogP contribution in [-0.4, -0.2) is 52.2 Å². The number of amides is 1. The molecular weight excluding hydrogens is 527 g/mol. The van der Waals surface area contributed by atoms with Gasteiger partial charge in [-0.2, -0.15) is 0 Å². The van der Waals surface area contributed by atoms with Crippen LogP contribution in [0.1, 0.15) is 38.4 Å². The third-order valence-corrected chi connectivity index (χ3v) is 6.66. The van der Waals surface area contributed by atoms with Crippen molar-refractivity contribution in [3.8, 4) is 28.4 Å². The number of hydrogen-bond acceptors (Lipinski definition) is 8. The number of H-pyrrole nitrogens is 1. The van der Waals surface area contributed by atoms with Crippen molar-refractivity contribution in [3.63, 3.8) is 0 Å². The summed E-state index contributed by atoms with van der Waals surface area (Å²) < 4.78 is 30.9. The molecule has 11 heteroatoms. The first kappa shape index (κ1) is 28.2. The van der Waals surface area contributed by atoms with Crippen LogP contribution in [-0.2, 0) is 20.8 Å². The van der Waals surface area contributed by atoms with E-state index < -0.39 is 11.7 Å². The van der Waals surface area contributed by atoms with Crippen LogP contribution < -0.4 is 15.4 Å². The van der Waals surface area contributed by atoms with Gasteiger partial charge in [0.2, 0.25) is 18.1 Å². The Morgan fingerprint density at radius 2 is 1.80 bits per heavy atom. The number of methoxy groups -OCH3 is 1. The molecule has 1 aliphatic rings. The van der Waals surface area contributed by atoms with Crippen molar-refractivity contribution in [2.75, 3.05) is 25.6 Å². The van der Waals surface area contributed by atoms with Gasteiger partial charge in [-0.1, -0.05) is 12.1 Å². The highest BCUT2D eigenvalue weighted by atomic mass is 19.1. The number of aromatic amines is 1. The fourth-order valence-electron chi connectivity index (χ4n) is 4.35. The Morgan fingerprint density at radius 3 is 2.46 bits per heavy atom. The quantitative estimate of drug-likeness (QED) is 0.265. The van der Waals surface area contributed by atoms with Gasteiger partial charge in [-0.25, -0.2) is 19.3 Å². The Morgan fingerprint density at radius 1 is 1.10 bits per heavy atom. The van der Waals surface area contributed by atoms with E-state index in [1.165, 1.54) is 12.1 Å². The van der Waals surface area contributed by atoms with Gasteiger partial charge >= 0.3 is 0 Å². The van der Waals surface area contributed by atoms with Gasteiger partial charge in [0.05, 0.1) is 42.8 Å². The highest BCUT2D eigenvalue weighted by Crippen LogP contribution is 2.35. The summed E-state index contributed by atoms with van der Waals surface area (Å²) in [6.45, 7) is 6.45. The number of carbonyl (C=O) groups is 1. The molecule has 0 spiro atoms. The zero-order chi connectivity index (χ0) is 29.0. The molecule has 1 amide bonds. The Balaban J connectivity index is 1.39. The van der Waals surface area contributed by atoms with Gasteiger partial charge in [-0.15, -0.1) is 0 Å². The fourth-order valence-corrected chi connectivity index (χ4v) is 4.35. The Kier molecular flexibility index (Phi) is 8.27. The standard InChI is InChI=1S/C30H33FN6O4/c1-18(2)34-28(38)30(3)16-40-27(41-17-30)26-36-24(20-7-9-21(31)10-8-20)25(37-26)23-13-14-32-29(35-23)33-15-19-5-11-22(39-4)12-6-19/h5-14,18,27H,15-17H2,1-4H3,(H,34,38)(H,36,37)(H,32,33,35). The molecule has 3 N–H and O–H groups in total. The van der Waals surface area contributed by atoms with E-state index in [0.29, 0.717) is 41.0 Å². The van der Waals surface area contributed by atoms with Gasteiger partial charge in [0.1, 0.15) is 11.6 Å². The number of halogens is 1. The zero-order valence-electron chi connectivity index (χ0n) is 23.4. The summed E-state index contributed by atoms with van der Waals surface area (Å²) in [5.41, 5.74) is 2.63. The lowest BCUT2D eigenvalue weighted by molar-refractivity contribution is -0.231. The molecule has 0 atom stereocenters. The maximum absolute atomic E-state index is 13.7. The normalized spacial score (nSPS) is 18.7. The van der Waals surface area contributed by atoms with E-state index in [0.717, 1.165) is 11.3 Å². The molecule has 2 aromatic carbocycles. The van der Waals surface area contributed by atoms with Crippen LogP contribution in [0.3, 0.4) is 0 Å². The molecule has 0 saturated carbocycles. The second-order valence-corrected chi connectivity index (χ2v) is 10.5. The lowest BCUT2D eigenvalue weighted by atomic mass is 9.90. The minimum Gasteiger partial charge on any atom is -0.497 e. The minimum atomic E-state index is -0.826. The number of carbonyl (C=O) groups excluding carboxylic acids is 1. The smallest absolute Gasteiger partial charge is 0.230 e. The number of aromatic nitrogens is 4. The van der Waals surface area contributed by atoms with Crippen LogP contribution >= 0.6 is 0 Å². The van der Waals surface area contributed by atoms with Gasteiger partial charge in [-0.3, -0.25) is 4.79 Å². The maximum Gasteiger partial charge on any atom is 0.230 e. The largest absolute Gasteiger partial charge is 0.497 e. The predicted molar refractivity (Wildman–Crippen MR) is 151 cm³/mol. The molecule has 2 aromatic heterocycles. The SMILES string of the molecule is COc1ccc(CNc2nccc(-c3[nH]c(C4OCC(C)(C(=O)NC(C)C)CO4)nc3-c3ccc(F)cc3)n2)cc1. The zero-order valence-corrected chi connectivity index (χ0v) is 23.4. The Labute approximate surface area is 237 Å². The minimum absolute atomic E-state index is 0.00592. The van der Waals surface area contributed by atoms with Gasteiger partial charge < -0.3 is 29.8 Å². The molecule has 10 nitrogen and oxygen atoms in total. The number of rotatable bonds is 9. The molecule has 0 aliphatic carbocycles. The lowest BCUT2D eigenvalue weighted by Gasteiger charge is -2.35. The Bertz CT molecular complexity index is 1480. The monoisotopic (exact) mass is 560 g/mol. The van der Waals surface area contributed by atoms with Crippen molar-refractivity contribution < 1.29 is 23.4 Å². The molecule has 3 heterocycles. The maximum atomic E-state index is 13.7. The van der Waals surface area contributed by atoms with Gasteiger partial charge in [-0.05, 0) is 68.8 Å². The van der Waals surface area contributed by atoms with E-state index in [4.69, 9.17) is 24.2 Å².